The lowest BCUT2D eigenvalue weighted by Gasteiger charge is -2.16. The van der Waals surface area contributed by atoms with Gasteiger partial charge in [0.15, 0.2) is 6.61 Å². The molecule has 2 rings (SSSR count). The van der Waals surface area contributed by atoms with Crippen LogP contribution in [0.3, 0.4) is 0 Å². The summed E-state index contributed by atoms with van der Waals surface area (Å²) in [6, 6.07) is 7.50. The van der Waals surface area contributed by atoms with Gasteiger partial charge in [-0.05, 0) is 74.9 Å². The third-order valence-corrected chi connectivity index (χ3v) is 5.84. The van der Waals surface area contributed by atoms with Crippen molar-refractivity contribution in [3.8, 4) is 23.0 Å². The molecule has 8 nitrogen and oxygen atoms in total. The summed E-state index contributed by atoms with van der Waals surface area (Å²) < 4.78 is 25.4. The van der Waals surface area contributed by atoms with Crippen molar-refractivity contribution in [2.75, 3.05) is 39.4 Å². The minimum Gasteiger partial charge on any atom is -0.508 e. The van der Waals surface area contributed by atoms with Crippen molar-refractivity contribution in [2.24, 2.45) is 0 Å². The van der Waals surface area contributed by atoms with Gasteiger partial charge in [0.2, 0.25) is 0 Å². The summed E-state index contributed by atoms with van der Waals surface area (Å²) in [5.74, 6) is 2.76. The highest BCUT2D eigenvalue weighted by Crippen LogP contribution is 2.33. The molecule has 0 atom stereocenters. The Kier molecular flexibility index (Phi) is 17.7. The molecular weight excluding hydrogens is 568 g/mol. The largest absolute Gasteiger partial charge is 0.508 e. The molecule has 0 saturated heterocycles. The lowest BCUT2D eigenvalue weighted by atomic mass is 10.00. The second-order valence-corrected chi connectivity index (χ2v) is 9.64. The van der Waals surface area contributed by atoms with E-state index in [0.717, 1.165) is 33.8 Å². The number of carbonyl (C=O) groups excluding carboxylic acids is 2. The number of benzene rings is 2. The number of ether oxygens (including phenoxy) is 5. The van der Waals surface area contributed by atoms with Crippen molar-refractivity contribution in [3.05, 3.63) is 46.5 Å². The van der Waals surface area contributed by atoms with Gasteiger partial charge in [-0.2, -0.15) is 0 Å². The van der Waals surface area contributed by atoms with Crippen molar-refractivity contribution in [2.45, 2.75) is 67.2 Å². The maximum Gasteiger partial charge on any atom is 0.344 e. The number of carbonyl (C=O) groups is 2. The number of aryl methyl sites for hydroxylation is 2. The number of phenols is 1. The van der Waals surface area contributed by atoms with Crippen molar-refractivity contribution in [3.63, 3.8) is 0 Å². The fourth-order valence-corrected chi connectivity index (χ4v) is 3.55. The van der Waals surface area contributed by atoms with Crippen molar-refractivity contribution < 1.29 is 38.4 Å². The fraction of sp³-hybridized carbons (Fsp3) is 0.533. The standard InChI is InChI=1S/C15H22O4.C11H16O2.C4H7BrO2/c1-6-18-15(16)9-19-14-7-11(4)13(17-5)8-12(14)10(2)3;1-7(2)9-6-11(13-4)8(3)5-10(9)12;1-2-7-4(6)3-5/h7-8,10H,6,9H2,1-5H3;5-7,12H,1-4H3;2-3H2,1H3. The van der Waals surface area contributed by atoms with Gasteiger partial charge in [0.05, 0.1) is 27.4 Å². The molecule has 0 amide bonds. The molecule has 0 heterocycles. The van der Waals surface area contributed by atoms with E-state index in [4.69, 9.17) is 18.9 Å². The SMILES string of the molecule is CCOC(=O)CBr.CCOC(=O)COc1cc(C)c(OC)cc1C(C)C.COc1cc(C(C)C)c(O)cc1C. The molecule has 0 spiro atoms. The van der Waals surface area contributed by atoms with Crippen LogP contribution >= 0.6 is 15.9 Å². The van der Waals surface area contributed by atoms with Crippen LogP contribution in [0.4, 0.5) is 0 Å². The average Bonchev–Trinajstić information content (AvgIpc) is 2.88. The number of hydrogen-bond donors (Lipinski definition) is 1. The summed E-state index contributed by atoms with van der Waals surface area (Å²) in [7, 11) is 3.29. The third-order valence-electron chi connectivity index (χ3n) is 5.38. The molecule has 1 N–H and O–H groups in total. The first-order valence-electron chi connectivity index (χ1n) is 12.9. The van der Waals surface area contributed by atoms with Crippen LogP contribution < -0.4 is 14.2 Å². The van der Waals surface area contributed by atoms with E-state index >= 15 is 0 Å². The Morgan fingerprint density at radius 1 is 0.769 bits per heavy atom. The molecule has 0 unspecified atom stereocenters. The Morgan fingerprint density at radius 3 is 1.64 bits per heavy atom. The van der Waals surface area contributed by atoms with Crippen LogP contribution in [0.25, 0.3) is 0 Å². The smallest absolute Gasteiger partial charge is 0.344 e. The van der Waals surface area contributed by atoms with E-state index in [1.165, 1.54) is 0 Å². The van der Waals surface area contributed by atoms with E-state index in [9.17, 15) is 14.7 Å². The van der Waals surface area contributed by atoms with E-state index in [0.29, 0.717) is 36.0 Å². The summed E-state index contributed by atoms with van der Waals surface area (Å²) in [6.07, 6.45) is 0. The summed E-state index contributed by atoms with van der Waals surface area (Å²) in [6.45, 7) is 16.4. The first-order chi connectivity index (χ1) is 18.4. The molecule has 0 aliphatic rings. The number of rotatable bonds is 10. The molecule has 0 aliphatic heterocycles. The highest BCUT2D eigenvalue weighted by atomic mass is 79.9. The Morgan fingerprint density at radius 2 is 1.23 bits per heavy atom. The van der Waals surface area contributed by atoms with Gasteiger partial charge in [-0.15, -0.1) is 0 Å². The van der Waals surface area contributed by atoms with Gasteiger partial charge >= 0.3 is 11.9 Å². The Bertz CT molecular complexity index is 1030. The number of phenolic OH excluding ortho intramolecular Hbond substituents is 1. The van der Waals surface area contributed by atoms with Gasteiger partial charge in [-0.1, -0.05) is 43.6 Å². The van der Waals surface area contributed by atoms with E-state index < -0.39 is 0 Å². The molecule has 2 aromatic rings. The molecule has 0 saturated carbocycles. The van der Waals surface area contributed by atoms with Crippen molar-refractivity contribution >= 4 is 27.9 Å². The number of aromatic hydroxyl groups is 1. The number of esters is 2. The van der Waals surface area contributed by atoms with Gasteiger partial charge in [-0.3, -0.25) is 4.79 Å². The molecule has 9 heteroatoms. The van der Waals surface area contributed by atoms with Crippen LogP contribution in [0.5, 0.6) is 23.0 Å². The second kappa shape index (κ2) is 19.2. The lowest BCUT2D eigenvalue weighted by molar-refractivity contribution is -0.145. The van der Waals surface area contributed by atoms with E-state index in [-0.39, 0.29) is 24.5 Å². The van der Waals surface area contributed by atoms with Gasteiger partial charge in [0, 0.05) is 11.1 Å². The first kappa shape index (κ1) is 36.1. The van der Waals surface area contributed by atoms with E-state index in [1.54, 1.807) is 34.1 Å². The molecular formula is C30H45BrO8. The maximum absolute atomic E-state index is 11.3. The Balaban J connectivity index is 0.000000622. The third kappa shape index (κ3) is 13.1. The van der Waals surface area contributed by atoms with Crippen LogP contribution in [0, 0.1) is 13.8 Å². The molecule has 0 fully saturated rings. The van der Waals surface area contributed by atoms with Crippen LogP contribution in [-0.4, -0.2) is 56.4 Å². The second-order valence-electron chi connectivity index (χ2n) is 9.08. The average molecular weight is 614 g/mol. The van der Waals surface area contributed by atoms with Crippen LogP contribution in [-0.2, 0) is 19.1 Å². The predicted molar refractivity (Wildman–Crippen MR) is 158 cm³/mol. The van der Waals surface area contributed by atoms with Crippen molar-refractivity contribution in [1.29, 1.82) is 0 Å². The Hall–Kier alpha value is -2.94. The van der Waals surface area contributed by atoms with Gasteiger partial charge in [-0.25, -0.2) is 4.79 Å². The number of methoxy groups -OCH3 is 2. The zero-order valence-electron chi connectivity index (χ0n) is 25.0. The summed E-state index contributed by atoms with van der Waals surface area (Å²) >= 11 is 2.94. The minimum atomic E-state index is -0.356. The Labute approximate surface area is 242 Å². The molecule has 0 radical (unpaired) electrons. The number of hydrogen-bond acceptors (Lipinski definition) is 8. The topological polar surface area (TPSA) is 101 Å². The molecule has 220 valence electrons. The molecule has 0 aliphatic carbocycles. The van der Waals surface area contributed by atoms with Gasteiger partial charge in [0.1, 0.15) is 28.3 Å². The quantitative estimate of drug-likeness (QED) is 0.230. The summed E-state index contributed by atoms with van der Waals surface area (Å²) in [5, 5.41) is 9.92. The summed E-state index contributed by atoms with van der Waals surface area (Å²) in [4.78, 5) is 21.5. The molecule has 39 heavy (non-hydrogen) atoms. The molecule has 2 aromatic carbocycles. The van der Waals surface area contributed by atoms with Crippen LogP contribution in [0.2, 0.25) is 0 Å². The number of alkyl halides is 1. The van der Waals surface area contributed by atoms with Crippen LogP contribution in [0.15, 0.2) is 24.3 Å². The number of halogens is 1. The summed E-state index contributed by atoms with van der Waals surface area (Å²) in [5.41, 5.74) is 3.89. The highest BCUT2D eigenvalue weighted by Gasteiger charge is 2.14. The molecule has 0 aromatic heterocycles. The fourth-order valence-electron chi connectivity index (χ4n) is 3.38. The highest BCUT2D eigenvalue weighted by molar-refractivity contribution is 9.09. The van der Waals surface area contributed by atoms with Crippen LogP contribution in [0.1, 0.15) is 75.6 Å². The monoisotopic (exact) mass is 612 g/mol. The molecule has 0 bridgehead atoms. The zero-order valence-corrected chi connectivity index (χ0v) is 26.6. The first-order valence-corrected chi connectivity index (χ1v) is 14.0. The predicted octanol–water partition coefficient (Wildman–Crippen LogP) is 6.85. The zero-order chi connectivity index (χ0) is 30.1. The van der Waals surface area contributed by atoms with E-state index in [1.807, 2.05) is 45.9 Å². The lowest BCUT2D eigenvalue weighted by Crippen LogP contribution is -2.15. The minimum absolute atomic E-state index is 0.0701. The van der Waals surface area contributed by atoms with E-state index in [2.05, 4.69) is 34.5 Å². The maximum atomic E-state index is 11.3. The van der Waals surface area contributed by atoms with Gasteiger partial charge < -0.3 is 28.8 Å². The van der Waals surface area contributed by atoms with Gasteiger partial charge in [0.25, 0.3) is 0 Å². The van der Waals surface area contributed by atoms with Crippen molar-refractivity contribution in [1.82, 2.24) is 0 Å². The normalized spacial score (nSPS) is 10.1.